The molecule has 0 spiro atoms. The summed E-state index contributed by atoms with van der Waals surface area (Å²) in [5.74, 6) is 0. The van der Waals surface area contributed by atoms with Gasteiger partial charge in [0.2, 0.25) is 6.71 Å². The van der Waals surface area contributed by atoms with Gasteiger partial charge in [-0.1, -0.05) is 127 Å². The molecule has 0 unspecified atom stereocenters. The molecule has 2 nitrogen and oxygen atoms in total. The Bertz CT molecular complexity index is 2390. The van der Waals surface area contributed by atoms with Crippen molar-refractivity contribution in [2.24, 2.45) is 0 Å². The lowest BCUT2D eigenvalue weighted by Crippen LogP contribution is -2.58. The lowest BCUT2D eigenvalue weighted by Gasteiger charge is -2.38. The fourth-order valence-corrected chi connectivity index (χ4v) is 8.17. The fourth-order valence-electron chi connectivity index (χ4n) is 7.43. The second-order valence-electron chi connectivity index (χ2n) is 12.3. The highest BCUT2D eigenvalue weighted by molar-refractivity contribution is 9.10. The van der Waals surface area contributed by atoms with Crippen LogP contribution in [0.1, 0.15) is 0 Å². The first-order chi connectivity index (χ1) is 23.8. The van der Waals surface area contributed by atoms with Crippen LogP contribution in [0.25, 0.3) is 21.5 Å². The Morgan fingerprint density at radius 2 is 1.00 bits per heavy atom. The van der Waals surface area contributed by atoms with Crippen molar-refractivity contribution < 1.29 is 0 Å². The maximum absolute atomic E-state index is 4.29. The number of nitrogens with zero attached hydrogens (tertiary/aromatic N) is 2. The Morgan fingerprint density at radius 1 is 0.458 bits per heavy atom. The molecule has 8 aromatic carbocycles. The van der Waals surface area contributed by atoms with Gasteiger partial charge in [0, 0.05) is 32.9 Å². The van der Waals surface area contributed by atoms with Gasteiger partial charge in [-0.05, 0) is 108 Å². The molecule has 9 rings (SSSR count). The molecule has 0 radical (unpaired) electrons. The average molecular weight is 677 g/mol. The maximum Gasteiger partial charge on any atom is 0.249 e. The van der Waals surface area contributed by atoms with E-state index in [1.165, 1.54) is 49.3 Å². The number of hydrogen-bond acceptors (Lipinski definition) is 2. The van der Waals surface area contributed by atoms with E-state index in [-0.39, 0.29) is 6.71 Å². The predicted molar refractivity (Wildman–Crippen MR) is 210 cm³/mol. The van der Waals surface area contributed by atoms with Crippen molar-refractivity contribution in [1.82, 2.24) is 0 Å². The van der Waals surface area contributed by atoms with E-state index in [2.05, 4.69) is 208 Å². The highest BCUT2D eigenvalue weighted by atomic mass is 79.9. The van der Waals surface area contributed by atoms with Gasteiger partial charge in [-0.2, -0.15) is 0 Å². The van der Waals surface area contributed by atoms with Crippen LogP contribution < -0.4 is 26.2 Å². The molecule has 1 aliphatic heterocycles. The molecule has 0 amide bonds. The van der Waals surface area contributed by atoms with Crippen LogP contribution in [0.4, 0.5) is 34.1 Å². The van der Waals surface area contributed by atoms with E-state index in [9.17, 15) is 0 Å². The molecule has 226 valence electrons. The molecular formula is C44H30BBrN2. The third-order valence-corrected chi connectivity index (χ3v) is 10.3. The van der Waals surface area contributed by atoms with Crippen LogP contribution in [0.15, 0.2) is 186 Å². The lowest BCUT2D eigenvalue weighted by molar-refractivity contribution is 1.28. The van der Waals surface area contributed by atoms with Crippen LogP contribution >= 0.6 is 15.9 Å². The quantitative estimate of drug-likeness (QED) is 0.167. The highest BCUT2D eigenvalue weighted by Gasteiger charge is 2.38. The number of fused-ring (bicyclic) bond motifs is 4. The highest BCUT2D eigenvalue weighted by Crippen LogP contribution is 2.42. The third-order valence-electron chi connectivity index (χ3n) is 9.51. The van der Waals surface area contributed by atoms with Gasteiger partial charge >= 0.3 is 0 Å². The van der Waals surface area contributed by atoms with Crippen LogP contribution in [0, 0.1) is 0 Å². The normalized spacial score (nSPS) is 12.2. The van der Waals surface area contributed by atoms with Crippen molar-refractivity contribution in [1.29, 1.82) is 0 Å². The van der Waals surface area contributed by atoms with E-state index in [4.69, 9.17) is 0 Å². The molecule has 0 saturated carbocycles. The van der Waals surface area contributed by atoms with Crippen molar-refractivity contribution in [3.63, 3.8) is 0 Å². The fraction of sp³-hybridized carbons (Fsp3) is 0. The molecule has 0 fully saturated rings. The van der Waals surface area contributed by atoms with Crippen molar-refractivity contribution >= 4 is 94.7 Å². The average Bonchev–Trinajstić information content (AvgIpc) is 3.15. The summed E-state index contributed by atoms with van der Waals surface area (Å²) in [5.41, 5.74) is 10.7. The van der Waals surface area contributed by atoms with Crippen LogP contribution in [-0.2, 0) is 0 Å². The van der Waals surface area contributed by atoms with Crippen LogP contribution in [0.2, 0.25) is 0 Å². The van der Waals surface area contributed by atoms with Gasteiger partial charge in [0.1, 0.15) is 0 Å². The summed E-state index contributed by atoms with van der Waals surface area (Å²) >= 11 is 4.29. The predicted octanol–water partition coefficient (Wildman–Crippen LogP) is 10.5. The number of halogens is 1. The first-order valence-corrected chi connectivity index (χ1v) is 17.1. The number of hydrogen-bond donors (Lipinski definition) is 0. The molecule has 4 heteroatoms. The van der Waals surface area contributed by atoms with Gasteiger partial charge in [0.25, 0.3) is 0 Å². The summed E-state index contributed by atoms with van der Waals surface area (Å²) in [5, 5.41) is 4.90. The van der Waals surface area contributed by atoms with Gasteiger partial charge in [0.15, 0.2) is 0 Å². The molecule has 0 aliphatic carbocycles. The van der Waals surface area contributed by atoms with Gasteiger partial charge in [-0.3, -0.25) is 0 Å². The SMILES string of the molecule is Brc1c(N(c2ccccc2)c2ccccc2)cc2ccccc2c1B1c2ccccc2N(c2ccccc2)c2cc3ccccc3cc21. The van der Waals surface area contributed by atoms with Crippen molar-refractivity contribution in [3.8, 4) is 0 Å². The summed E-state index contributed by atoms with van der Waals surface area (Å²) < 4.78 is 1.08. The second kappa shape index (κ2) is 11.9. The summed E-state index contributed by atoms with van der Waals surface area (Å²) in [6.45, 7) is -0.0339. The summed E-state index contributed by atoms with van der Waals surface area (Å²) in [6, 6.07) is 65.7. The standard InChI is InChI=1S/C44H30BBrN2/c46-44-42(47(34-19-4-1-5-20-34)35-21-6-2-7-22-35)30-33-18-12-13-25-37(33)43(44)45-38-26-14-15-27-40(38)48(36-23-8-3-9-24-36)41-29-32-17-11-10-16-31(32)28-39(41)45/h1-30H. The van der Waals surface area contributed by atoms with Crippen molar-refractivity contribution in [3.05, 3.63) is 186 Å². The van der Waals surface area contributed by atoms with Crippen molar-refractivity contribution in [2.45, 2.75) is 0 Å². The van der Waals surface area contributed by atoms with Gasteiger partial charge in [-0.25, -0.2) is 0 Å². The van der Waals surface area contributed by atoms with E-state index >= 15 is 0 Å². The lowest BCUT2D eigenvalue weighted by atomic mass is 9.34. The zero-order valence-electron chi connectivity index (χ0n) is 26.2. The number of para-hydroxylation sites is 4. The van der Waals surface area contributed by atoms with E-state index in [1.807, 2.05) is 0 Å². The molecule has 0 atom stereocenters. The summed E-state index contributed by atoms with van der Waals surface area (Å²) in [7, 11) is 0. The van der Waals surface area contributed by atoms with Gasteiger partial charge in [-0.15, -0.1) is 0 Å². The van der Waals surface area contributed by atoms with E-state index in [0.717, 1.165) is 27.2 Å². The zero-order chi connectivity index (χ0) is 32.0. The topological polar surface area (TPSA) is 6.48 Å². The Kier molecular flexibility index (Phi) is 7.10. The molecule has 0 aromatic heterocycles. The molecule has 0 N–H and O–H groups in total. The van der Waals surface area contributed by atoms with Gasteiger partial charge in [0.05, 0.1) is 5.69 Å². The largest absolute Gasteiger partial charge is 0.312 e. The Morgan fingerprint density at radius 3 is 1.69 bits per heavy atom. The van der Waals surface area contributed by atoms with Crippen LogP contribution in [0.3, 0.4) is 0 Å². The van der Waals surface area contributed by atoms with E-state index in [1.54, 1.807) is 0 Å². The smallest absolute Gasteiger partial charge is 0.249 e. The minimum Gasteiger partial charge on any atom is -0.312 e. The number of benzene rings is 8. The van der Waals surface area contributed by atoms with Crippen LogP contribution in [0.5, 0.6) is 0 Å². The summed E-state index contributed by atoms with van der Waals surface area (Å²) in [6.07, 6.45) is 0. The number of rotatable bonds is 5. The van der Waals surface area contributed by atoms with Gasteiger partial charge < -0.3 is 9.80 Å². The number of anilines is 6. The summed E-state index contributed by atoms with van der Waals surface area (Å²) in [4.78, 5) is 4.81. The third kappa shape index (κ3) is 4.72. The van der Waals surface area contributed by atoms with E-state index in [0.29, 0.717) is 0 Å². The van der Waals surface area contributed by atoms with E-state index < -0.39 is 0 Å². The maximum atomic E-state index is 4.29. The molecule has 0 saturated heterocycles. The minimum atomic E-state index is -0.0339. The monoisotopic (exact) mass is 676 g/mol. The molecular weight excluding hydrogens is 647 g/mol. The second-order valence-corrected chi connectivity index (χ2v) is 13.1. The Labute approximate surface area is 289 Å². The van der Waals surface area contributed by atoms with Crippen molar-refractivity contribution in [2.75, 3.05) is 9.80 Å². The Hall–Kier alpha value is -5.58. The van der Waals surface area contributed by atoms with Crippen LogP contribution in [-0.4, -0.2) is 6.71 Å². The molecule has 0 bridgehead atoms. The first-order valence-electron chi connectivity index (χ1n) is 16.3. The molecule has 8 aromatic rings. The Balaban J connectivity index is 1.38. The minimum absolute atomic E-state index is 0.0339. The molecule has 1 heterocycles. The molecule has 48 heavy (non-hydrogen) atoms. The zero-order valence-corrected chi connectivity index (χ0v) is 27.8. The molecule has 1 aliphatic rings. The first kappa shape index (κ1) is 28.6.